The predicted octanol–water partition coefficient (Wildman–Crippen LogP) is 3.07. The normalized spacial score (nSPS) is 12.7. The van der Waals surface area contributed by atoms with E-state index in [9.17, 15) is 9.18 Å². The SMILES string of the molecule is CNC(c1ccc(Br)c(F)c1)c1ccc2[nH]c(=O)[nH]c2c1. The van der Waals surface area contributed by atoms with E-state index in [-0.39, 0.29) is 17.5 Å². The third kappa shape index (κ3) is 2.64. The topological polar surface area (TPSA) is 60.7 Å². The highest BCUT2D eigenvalue weighted by atomic mass is 79.9. The first kappa shape index (κ1) is 14.0. The van der Waals surface area contributed by atoms with Crippen LogP contribution in [0.25, 0.3) is 11.0 Å². The third-order valence-electron chi connectivity index (χ3n) is 3.44. The lowest BCUT2D eigenvalue weighted by Crippen LogP contribution is -2.17. The van der Waals surface area contributed by atoms with Gasteiger partial charge in [0.25, 0.3) is 0 Å². The van der Waals surface area contributed by atoms with Crippen LogP contribution in [0.5, 0.6) is 0 Å². The highest BCUT2D eigenvalue weighted by molar-refractivity contribution is 9.10. The summed E-state index contributed by atoms with van der Waals surface area (Å²) in [6.45, 7) is 0. The Kier molecular flexibility index (Phi) is 3.65. The van der Waals surface area contributed by atoms with Gasteiger partial charge in [-0.1, -0.05) is 12.1 Å². The van der Waals surface area contributed by atoms with Gasteiger partial charge in [-0.25, -0.2) is 9.18 Å². The summed E-state index contributed by atoms with van der Waals surface area (Å²) in [4.78, 5) is 16.7. The largest absolute Gasteiger partial charge is 0.323 e. The third-order valence-corrected chi connectivity index (χ3v) is 4.08. The first-order valence-corrected chi connectivity index (χ1v) is 7.22. The van der Waals surface area contributed by atoms with Gasteiger partial charge < -0.3 is 15.3 Å². The second-order valence-electron chi connectivity index (χ2n) is 4.78. The molecule has 0 aliphatic carbocycles. The van der Waals surface area contributed by atoms with E-state index < -0.39 is 0 Å². The van der Waals surface area contributed by atoms with Gasteiger partial charge >= 0.3 is 5.69 Å². The summed E-state index contributed by atoms with van der Waals surface area (Å²) < 4.78 is 14.2. The molecule has 0 radical (unpaired) electrons. The summed E-state index contributed by atoms with van der Waals surface area (Å²) in [5.41, 5.74) is 3.01. The van der Waals surface area contributed by atoms with E-state index in [1.807, 2.05) is 31.3 Å². The van der Waals surface area contributed by atoms with Crippen LogP contribution in [0.3, 0.4) is 0 Å². The van der Waals surface area contributed by atoms with Crippen LogP contribution in [-0.2, 0) is 0 Å². The summed E-state index contributed by atoms with van der Waals surface area (Å²) in [7, 11) is 1.81. The molecule has 0 fully saturated rings. The molecule has 1 atom stereocenters. The lowest BCUT2D eigenvalue weighted by atomic mass is 9.98. The van der Waals surface area contributed by atoms with Gasteiger partial charge in [-0.15, -0.1) is 0 Å². The van der Waals surface area contributed by atoms with Gasteiger partial charge in [0.1, 0.15) is 5.82 Å². The minimum Gasteiger partial charge on any atom is -0.309 e. The van der Waals surface area contributed by atoms with E-state index in [0.717, 1.165) is 22.2 Å². The van der Waals surface area contributed by atoms with Gasteiger partial charge in [0.15, 0.2) is 0 Å². The van der Waals surface area contributed by atoms with Crippen molar-refractivity contribution in [1.29, 1.82) is 0 Å². The van der Waals surface area contributed by atoms with Crippen LogP contribution in [0.4, 0.5) is 4.39 Å². The van der Waals surface area contributed by atoms with Crippen molar-refractivity contribution in [2.45, 2.75) is 6.04 Å². The van der Waals surface area contributed by atoms with Crippen LogP contribution in [-0.4, -0.2) is 17.0 Å². The highest BCUT2D eigenvalue weighted by Crippen LogP contribution is 2.26. The Bertz CT molecular complexity index is 855. The molecule has 108 valence electrons. The molecule has 1 heterocycles. The van der Waals surface area contributed by atoms with Crippen molar-refractivity contribution in [2.24, 2.45) is 0 Å². The van der Waals surface area contributed by atoms with Gasteiger partial charge in [0.05, 0.1) is 21.5 Å². The number of halogens is 2. The van der Waals surface area contributed by atoms with Crippen LogP contribution in [0.1, 0.15) is 17.2 Å². The minimum atomic E-state index is -0.302. The Morgan fingerprint density at radius 2 is 1.76 bits per heavy atom. The van der Waals surface area contributed by atoms with Crippen LogP contribution in [0, 0.1) is 5.82 Å². The van der Waals surface area contributed by atoms with Crippen LogP contribution < -0.4 is 11.0 Å². The van der Waals surface area contributed by atoms with Crippen molar-refractivity contribution in [3.05, 3.63) is 68.3 Å². The minimum absolute atomic E-state index is 0.157. The molecule has 21 heavy (non-hydrogen) atoms. The average Bonchev–Trinajstić information content (AvgIpc) is 2.83. The monoisotopic (exact) mass is 349 g/mol. The maximum Gasteiger partial charge on any atom is 0.323 e. The quantitative estimate of drug-likeness (QED) is 0.680. The number of benzene rings is 2. The molecule has 0 saturated heterocycles. The van der Waals surface area contributed by atoms with Crippen LogP contribution >= 0.6 is 15.9 Å². The second kappa shape index (κ2) is 5.46. The lowest BCUT2D eigenvalue weighted by Gasteiger charge is -2.17. The molecule has 3 rings (SSSR count). The van der Waals surface area contributed by atoms with Crippen molar-refractivity contribution in [1.82, 2.24) is 15.3 Å². The lowest BCUT2D eigenvalue weighted by molar-refractivity contribution is 0.610. The van der Waals surface area contributed by atoms with E-state index in [0.29, 0.717) is 4.47 Å². The molecule has 4 nitrogen and oxygen atoms in total. The smallest absolute Gasteiger partial charge is 0.309 e. The molecular weight excluding hydrogens is 337 g/mol. The number of aromatic nitrogens is 2. The van der Waals surface area contributed by atoms with Crippen molar-refractivity contribution in [3.8, 4) is 0 Å². The Balaban J connectivity index is 2.08. The molecule has 1 aromatic heterocycles. The first-order chi connectivity index (χ1) is 10.1. The molecule has 2 aromatic carbocycles. The number of rotatable bonds is 3. The molecule has 0 amide bonds. The number of fused-ring (bicyclic) bond motifs is 1. The summed E-state index contributed by atoms with van der Waals surface area (Å²) >= 11 is 3.15. The zero-order valence-corrected chi connectivity index (χ0v) is 12.8. The Hall–Kier alpha value is -1.92. The van der Waals surface area contributed by atoms with Gasteiger partial charge in [-0.05, 0) is 58.4 Å². The number of nitrogens with one attached hydrogen (secondary N) is 3. The molecule has 0 spiro atoms. The molecule has 0 saturated carbocycles. The van der Waals surface area contributed by atoms with Crippen molar-refractivity contribution < 1.29 is 4.39 Å². The number of H-pyrrole nitrogens is 2. The number of hydrogen-bond donors (Lipinski definition) is 3. The van der Waals surface area contributed by atoms with Gasteiger partial charge in [0.2, 0.25) is 0 Å². The fourth-order valence-corrected chi connectivity index (χ4v) is 2.69. The maximum absolute atomic E-state index is 13.7. The molecule has 0 aliphatic rings. The van der Waals surface area contributed by atoms with E-state index in [2.05, 4.69) is 31.2 Å². The van der Waals surface area contributed by atoms with Gasteiger partial charge in [-0.2, -0.15) is 0 Å². The fourth-order valence-electron chi connectivity index (χ4n) is 2.45. The Morgan fingerprint density at radius 1 is 1.10 bits per heavy atom. The van der Waals surface area contributed by atoms with Crippen LogP contribution in [0.15, 0.2) is 45.7 Å². The average molecular weight is 350 g/mol. The summed E-state index contributed by atoms with van der Waals surface area (Å²) in [5, 5.41) is 3.17. The van der Waals surface area contributed by atoms with E-state index in [4.69, 9.17) is 0 Å². The van der Waals surface area contributed by atoms with Crippen molar-refractivity contribution in [2.75, 3.05) is 7.05 Å². The molecule has 6 heteroatoms. The van der Waals surface area contributed by atoms with E-state index in [1.54, 1.807) is 6.07 Å². The molecular formula is C15H13BrFN3O. The number of aromatic amines is 2. The maximum atomic E-state index is 13.7. The van der Waals surface area contributed by atoms with E-state index >= 15 is 0 Å². The van der Waals surface area contributed by atoms with Gasteiger partial charge in [-0.3, -0.25) is 0 Å². The predicted molar refractivity (Wildman–Crippen MR) is 83.9 cm³/mol. The Morgan fingerprint density at radius 3 is 2.48 bits per heavy atom. The highest BCUT2D eigenvalue weighted by Gasteiger charge is 2.14. The number of hydrogen-bond acceptors (Lipinski definition) is 2. The molecule has 0 bridgehead atoms. The second-order valence-corrected chi connectivity index (χ2v) is 5.63. The zero-order valence-electron chi connectivity index (χ0n) is 11.2. The zero-order chi connectivity index (χ0) is 15.0. The van der Waals surface area contributed by atoms with Crippen molar-refractivity contribution >= 4 is 27.0 Å². The molecule has 3 aromatic rings. The Labute approximate surface area is 128 Å². The fraction of sp³-hybridized carbons (Fsp3) is 0.133. The molecule has 0 aliphatic heterocycles. The summed E-state index contributed by atoms with van der Waals surface area (Å²) in [5.74, 6) is -0.302. The molecule has 1 unspecified atom stereocenters. The number of imidazole rings is 1. The van der Waals surface area contributed by atoms with Gasteiger partial charge in [0, 0.05) is 0 Å². The standard InChI is InChI=1S/C15H13BrFN3O/c1-18-14(8-2-4-10(16)11(17)6-8)9-3-5-12-13(7-9)20-15(21)19-12/h2-7,14,18H,1H3,(H2,19,20,21). The van der Waals surface area contributed by atoms with E-state index in [1.165, 1.54) is 6.07 Å². The van der Waals surface area contributed by atoms with Crippen molar-refractivity contribution in [3.63, 3.8) is 0 Å². The summed E-state index contributed by atoms with van der Waals surface area (Å²) in [6.07, 6.45) is 0. The first-order valence-electron chi connectivity index (χ1n) is 6.42. The molecule has 3 N–H and O–H groups in total. The summed E-state index contributed by atoms with van der Waals surface area (Å²) in [6, 6.07) is 10.5. The van der Waals surface area contributed by atoms with Crippen LogP contribution in [0.2, 0.25) is 0 Å².